The van der Waals surface area contributed by atoms with Gasteiger partial charge >= 0.3 is 0 Å². The van der Waals surface area contributed by atoms with Gasteiger partial charge in [-0.2, -0.15) is 0 Å². The lowest BCUT2D eigenvalue weighted by Crippen LogP contribution is -2.21. The van der Waals surface area contributed by atoms with Crippen molar-refractivity contribution < 1.29 is 4.52 Å². The maximum Gasteiger partial charge on any atom is 0.268 e. The van der Waals surface area contributed by atoms with Crippen LogP contribution in [0.5, 0.6) is 0 Å². The Morgan fingerprint density at radius 2 is 1.79 bits per heavy atom. The summed E-state index contributed by atoms with van der Waals surface area (Å²) in [6, 6.07) is 16.9. The van der Waals surface area contributed by atoms with Gasteiger partial charge in [0.15, 0.2) is 5.82 Å². The average molecular weight is 317 g/mol. The third-order valence-electron chi connectivity index (χ3n) is 3.89. The van der Waals surface area contributed by atoms with Crippen molar-refractivity contribution in [2.75, 3.05) is 0 Å². The molecule has 2 aromatic carbocycles. The monoisotopic (exact) mass is 317 g/mol. The van der Waals surface area contributed by atoms with Crippen molar-refractivity contribution in [2.24, 2.45) is 0 Å². The largest absolute Gasteiger partial charge is 0.338 e. The van der Waals surface area contributed by atoms with Gasteiger partial charge in [-0.15, -0.1) is 0 Å². The van der Waals surface area contributed by atoms with Crippen LogP contribution in [-0.4, -0.2) is 14.7 Å². The van der Waals surface area contributed by atoms with E-state index in [0.717, 1.165) is 11.1 Å². The second kappa shape index (κ2) is 5.45. The quantitative estimate of drug-likeness (QED) is 0.566. The van der Waals surface area contributed by atoms with E-state index in [1.165, 1.54) is 4.57 Å². The van der Waals surface area contributed by atoms with Gasteiger partial charge in [-0.3, -0.25) is 4.79 Å². The lowest BCUT2D eigenvalue weighted by Gasteiger charge is -2.11. The topological polar surface area (TPSA) is 60.9 Å². The first-order chi connectivity index (χ1) is 11.6. The van der Waals surface area contributed by atoms with Crippen molar-refractivity contribution in [3.8, 4) is 17.3 Å². The van der Waals surface area contributed by atoms with Crippen LogP contribution in [0.15, 0.2) is 63.9 Å². The van der Waals surface area contributed by atoms with E-state index in [0.29, 0.717) is 28.3 Å². The Morgan fingerprint density at radius 1 is 1.00 bits per heavy atom. The molecular formula is C19H15N3O2. The molecule has 2 heterocycles. The average Bonchev–Trinajstić information content (AvgIpc) is 3.01. The first-order valence-electron chi connectivity index (χ1n) is 7.66. The Bertz CT molecular complexity index is 1090. The molecule has 0 atom stereocenters. The normalized spacial score (nSPS) is 11.1. The highest BCUT2D eigenvalue weighted by Gasteiger charge is 2.17. The molecule has 0 aliphatic heterocycles. The third kappa shape index (κ3) is 2.31. The molecule has 0 unspecified atom stereocenters. The van der Waals surface area contributed by atoms with Gasteiger partial charge < -0.3 is 4.52 Å². The van der Waals surface area contributed by atoms with Crippen LogP contribution in [0.4, 0.5) is 0 Å². The van der Waals surface area contributed by atoms with E-state index in [1.807, 2.05) is 56.3 Å². The summed E-state index contributed by atoms with van der Waals surface area (Å²) in [7, 11) is 0. The molecule has 118 valence electrons. The van der Waals surface area contributed by atoms with Crippen molar-refractivity contribution in [2.45, 2.75) is 13.8 Å². The molecule has 0 aliphatic carbocycles. The summed E-state index contributed by atoms with van der Waals surface area (Å²) in [5.41, 5.74) is 3.11. The molecule has 5 nitrogen and oxygen atoms in total. The number of rotatable bonds is 2. The molecule has 4 aromatic rings. The first-order valence-corrected chi connectivity index (χ1v) is 7.66. The third-order valence-corrected chi connectivity index (χ3v) is 3.89. The highest BCUT2D eigenvalue weighted by molar-refractivity contribution is 5.81. The maximum absolute atomic E-state index is 13.1. The van der Waals surface area contributed by atoms with E-state index in [1.54, 1.807) is 12.1 Å². The van der Waals surface area contributed by atoms with Gasteiger partial charge in [-0.05, 0) is 31.5 Å². The molecule has 0 fully saturated rings. The molecule has 2 aromatic heterocycles. The highest BCUT2D eigenvalue weighted by Crippen LogP contribution is 2.22. The number of fused-ring (bicyclic) bond motifs is 1. The Labute approximate surface area is 138 Å². The van der Waals surface area contributed by atoms with Gasteiger partial charge in [0.1, 0.15) is 0 Å². The lowest BCUT2D eigenvalue weighted by atomic mass is 10.1. The molecular weight excluding hydrogens is 302 g/mol. The summed E-state index contributed by atoms with van der Waals surface area (Å²) in [4.78, 5) is 17.8. The fraction of sp³-hybridized carbons (Fsp3) is 0.105. The molecule has 0 N–H and O–H groups in total. The number of aromatic nitrogens is 3. The molecule has 0 spiro atoms. The Morgan fingerprint density at radius 3 is 2.50 bits per heavy atom. The maximum atomic E-state index is 13.1. The standard InChI is InChI=1S/C19H15N3O2/c1-12-8-9-15-16(10-12)20-18(14-6-4-3-5-7-14)22(19(15)23)17-11-13(2)21-24-17/h3-11H,1-2H3. The Kier molecular flexibility index (Phi) is 3.27. The van der Waals surface area contributed by atoms with Gasteiger partial charge in [0.25, 0.3) is 5.56 Å². The van der Waals surface area contributed by atoms with Crippen LogP contribution in [0.25, 0.3) is 28.2 Å². The molecule has 0 amide bonds. The van der Waals surface area contributed by atoms with E-state index in [-0.39, 0.29) is 5.56 Å². The first kappa shape index (κ1) is 14.4. The zero-order valence-corrected chi connectivity index (χ0v) is 13.4. The van der Waals surface area contributed by atoms with Crippen LogP contribution in [0, 0.1) is 13.8 Å². The van der Waals surface area contributed by atoms with Crippen LogP contribution >= 0.6 is 0 Å². The van der Waals surface area contributed by atoms with Crippen LogP contribution in [-0.2, 0) is 0 Å². The second-order valence-electron chi connectivity index (χ2n) is 5.77. The minimum atomic E-state index is -0.171. The van der Waals surface area contributed by atoms with Crippen LogP contribution in [0.3, 0.4) is 0 Å². The predicted molar refractivity (Wildman–Crippen MR) is 92.3 cm³/mol. The summed E-state index contributed by atoms with van der Waals surface area (Å²) in [5, 5.41) is 4.45. The van der Waals surface area contributed by atoms with Crippen molar-refractivity contribution >= 4 is 10.9 Å². The lowest BCUT2D eigenvalue weighted by molar-refractivity contribution is 0.400. The molecule has 4 rings (SSSR count). The molecule has 0 saturated carbocycles. The minimum Gasteiger partial charge on any atom is -0.338 e. The molecule has 0 aliphatic rings. The van der Waals surface area contributed by atoms with Crippen molar-refractivity contribution in [1.29, 1.82) is 0 Å². The molecule has 24 heavy (non-hydrogen) atoms. The van der Waals surface area contributed by atoms with Gasteiger partial charge in [0.05, 0.1) is 16.6 Å². The smallest absolute Gasteiger partial charge is 0.268 e. The fourth-order valence-electron chi connectivity index (χ4n) is 2.74. The minimum absolute atomic E-state index is 0.171. The summed E-state index contributed by atoms with van der Waals surface area (Å²) >= 11 is 0. The van der Waals surface area contributed by atoms with E-state index < -0.39 is 0 Å². The van der Waals surface area contributed by atoms with Gasteiger partial charge in [-0.25, -0.2) is 9.55 Å². The van der Waals surface area contributed by atoms with Crippen molar-refractivity contribution in [3.63, 3.8) is 0 Å². The number of benzene rings is 2. The Hall–Kier alpha value is -3.21. The highest BCUT2D eigenvalue weighted by atomic mass is 16.5. The van der Waals surface area contributed by atoms with Crippen LogP contribution in [0.1, 0.15) is 11.3 Å². The van der Waals surface area contributed by atoms with Crippen LogP contribution < -0.4 is 5.56 Å². The van der Waals surface area contributed by atoms with Crippen molar-refractivity contribution in [3.05, 3.63) is 76.2 Å². The van der Waals surface area contributed by atoms with Crippen molar-refractivity contribution in [1.82, 2.24) is 14.7 Å². The SMILES string of the molecule is Cc1ccc2c(=O)n(-c3cc(C)no3)c(-c3ccccc3)nc2c1. The number of hydrogen-bond donors (Lipinski definition) is 0. The number of aryl methyl sites for hydroxylation is 2. The predicted octanol–water partition coefficient (Wildman–Crippen LogP) is 3.66. The van der Waals surface area contributed by atoms with E-state index in [9.17, 15) is 4.79 Å². The van der Waals surface area contributed by atoms with Crippen LogP contribution in [0.2, 0.25) is 0 Å². The zero-order chi connectivity index (χ0) is 16.7. The summed E-state index contributed by atoms with van der Waals surface area (Å²) < 4.78 is 6.82. The zero-order valence-electron chi connectivity index (χ0n) is 13.4. The molecule has 0 bridgehead atoms. The van der Waals surface area contributed by atoms with E-state index in [4.69, 9.17) is 9.51 Å². The number of nitrogens with zero attached hydrogens (tertiary/aromatic N) is 3. The van der Waals surface area contributed by atoms with Gasteiger partial charge in [0.2, 0.25) is 5.88 Å². The van der Waals surface area contributed by atoms with E-state index in [2.05, 4.69) is 5.16 Å². The summed E-state index contributed by atoms with van der Waals surface area (Å²) in [5.74, 6) is 0.904. The Balaban J connectivity index is 2.13. The summed E-state index contributed by atoms with van der Waals surface area (Å²) in [6.45, 7) is 3.80. The number of hydrogen-bond acceptors (Lipinski definition) is 4. The second-order valence-corrected chi connectivity index (χ2v) is 5.77. The fourth-order valence-corrected chi connectivity index (χ4v) is 2.74. The molecule has 5 heteroatoms. The van der Waals surface area contributed by atoms with Gasteiger partial charge in [-0.1, -0.05) is 41.6 Å². The van der Waals surface area contributed by atoms with E-state index >= 15 is 0 Å². The molecule has 0 radical (unpaired) electrons. The summed E-state index contributed by atoms with van der Waals surface area (Å²) in [6.07, 6.45) is 0. The van der Waals surface area contributed by atoms with Gasteiger partial charge in [0, 0.05) is 11.6 Å². The molecule has 0 saturated heterocycles.